The van der Waals surface area contributed by atoms with Gasteiger partial charge in [0, 0.05) is 17.9 Å². The fraction of sp³-hybridized carbons (Fsp3) is 0.312. The maximum absolute atomic E-state index is 12.4. The van der Waals surface area contributed by atoms with Crippen LogP contribution in [0.1, 0.15) is 41.4 Å². The molecule has 1 aromatic heterocycles. The average molecular weight is 270 g/mol. The summed E-state index contributed by atoms with van der Waals surface area (Å²) in [6.07, 6.45) is 5.50. The Labute approximate surface area is 118 Å². The van der Waals surface area contributed by atoms with Gasteiger partial charge in [0.05, 0.1) is 0 Å². The smallest absolute Gasteiger partial charge is 0.272 e. The van der Waals surface area contributed by atoms with Gasteiger partial charge in [0.1, 0.15) is 11.4 Å². The van der Waals surface area contributed by atoms with E-state index < -0.39 is 0 Å². The number of phenols is 1. The van der Waals surface area contributed by atoms with Crippen LogP contribution in [0, 0.1) is 6.92 Å². The van der Waals surface area contributed by atoms with Crippen molar-refractivity contribution in [2.75, 3.05) is 5.32 Å². The van der Waals surface area contributed by atoms with E-state index in [-0.39, 0.29) is 11.7 Å². The number of carbonyl (C=O) groups is 1. The van der Waals surface area contributed by atoms with Gasteiger partial charge in [0.2, 0.25) is 0 Å². The first-order valence-corrected chi connectivity index (χ1v) is 6.93. The van der Waals surface area contributed by atoms with Crippen molar-refractivity contribution in [3.63, 3.8) is 0 Å². The number of hydrogen-bond donors (Lipinski definition) is 2. The molecule has 4 nitrogen and oxygen atoms in total. The SMILES string of the molecule is Cc1cc(O)ccc1NC(=O)c1cccn1C1CCC1. The van der Waals surface area contributed by atoms with E-state index in [0.717, 1.165) is 24.1 Å². The maximum Gasteiger partial charge on any atom is 0.272 e. The second kappa shape index (κ2) is 5.04. The van der Waals surface area contributed by atoms with Crippen molar-refractivity contribution in [1.82, 2.24) is 4.57 Å². The molecule has 20 heavy (non-hydrogen) atoms. The number of benzene rings is 1. The number of nitrogens with one attached hydrogen (secondary N) is 1. The molecular formula is C16H18N2O2. The highest BCUT2D eigenvalue weighted by Gasteiger charge is 2.23. The predicted molar refractivity (Wildman–Crippen MR) is 78.1 cm³/mol. The van der Waals surface area contributed by atoms with E-state index in [1.807, 2.05) is 25.3 Å². The molecular weight excluding hydrogens is 252 g/mol. The van der Waals surface area contributed by atoms with E-state index in [1.165, 1.54) is 6.42 Å². The van der Waals surface area contributed by atoms with E-state index in [9.17, 15) is 9.90 Å². The Morgan fingerprint density at radius 2 is 2.15 bits per heavy atom. The Morgan fingerprint density at radius 1 is 1.35 bits per heavy atom. The van der Waals surface area contributed by atoms with Crippen LogP contribution in [0.15, 0.2) is 36.5 Å². The first-order chi connectivity index (χ1) is 9.65. The molecule has 1 heterocycles. The van der Waals surface area contributed by atoms with Gasteiger partial charge >= 0.3 is 0 Å². The summed E-state index contributed by atoms with van der Waals surface area (Å²) in [6.45, 7) is 1.86. The molecule has 4 heteroatoms. The summed E-state index contributed by atoms with van der Waals surface area (Å²) in [6, 6.07) is 9.17. The standard InChI is InChI=1S/C16H18N2O2/c1-11-10-13(19)7-8-14(11)17-16(20)15-6-3-9-18(15)12-4-2-5-12/h3,6-10,12,19H,2,4-5H2,1H3,(H,17,20). The van der Waals surface area contributed by atoms with Crippen LogP contribution in [0.25, 0.3) is 0 Å². The first kappa shape index (κ1) is 12.8. The predicted octanol–water partition coefficient (Wildman–Crippen LogP) is 3.48. The van der Waals surface area contributed by atoms with Crippen LogP contribution in [0.3, 0.4) is 0 Å². The van der Waals surface area contributed by atoms with Crippen molar-refractivity contribution in [3.05, 3.63) is 47.8 Å². The van der Waals surface area contributed by atoms with Gasteiger partial charge in [-0.15, -0.1) is 0 Å². The summed E-state index contributed by atoms with van der Waals surface area (Å²) in [5, 5.41) is 12.3. The molecule has 0 atom stereocenters. The highest BCUT2D eigenvalue weighted by molar-refractivity contribution is 6.03. The molecule has 1 fully saturated rings. The molecule has 2 N–H and O–H groups in total. The summed E-state index contributed by atoms with van der Waals surface area (Å²) in [4.78, 5) is 12.4. The molecule has 104 valence electrons. The van der Waals surface area contributed by atoms with Crippen molar-refractivity contribution in [1.29, 1.82) is 0 Å². The second-order valence-electron chi connectivity index (χ2n) is 5.34. The number of carbonyl (C=O) groups excluding carboxylic acids is 1. The molecule has 1 saturated carbocycles. The van der Waals surface area contributed by atoms with Gasteiger partial charge in [0.15, 0.2) is 0 Å². The molecule has 1 aliphatic carbocycles. The lowest BCUT2D eigenvalue weighted by Crippen LogP contribution is -2.23. The van der Waals surface area contributed by atoms with Gasteiger partial charge in [-0.1, -0.05) is 0 Å². The van der Waals surface area contributed by atoms with Gasteiger partial charge in [0.25, 0.3) is 5.91 Å². The minimum atomic E-state index is -0.101. The van der Waals surface area contributed by atoms with Gasteiger partial charge < -0.3 is 15.0 Å². The molecule has 0 bridgehead atoms. The molecule has 3 rings (SSSR count). The lowest BCUT2D eigenvalue weighted by atomic mass is 9.93. The van der Waals surface area contributed by atoms with Crippen LogP contribution >= 0.6 is 0 Å². The van der Waals surface area contributed by atoms with Crippen LogP contribution in [-0.4, -0.2) is 15.6 Å². The first-order valence-electron chi connectivity index (χ1n) is 6.93. The third kappa shape index (κ3) is 2.29. The molecule has 1 aromatic carbocycles. The lowest BCUT2D eigenvalue weighted by molar-refractivity contribution is 0.101. The molecule has 0 saturated heterocycles. The van der Waals surface area contributed by atoms with Crippen LogP contribution in [-0.2, 0) is 0 Å². The fourth-order valence-corrected chi connectivity index (χ4v) is 2.54. The third-order valence-corrected chi connectivity index (χ3v) is 3.94. The summed E-state index contributed by atoms with van der Waals surface area (Å²) in [5.74, 6) is 0.106. The van der Waals surface area contributed by atoms with Crippen molar-refractivity contribution >= 4 is 11.6 Å². The normalized spacial score (nSPS) is 14.8. The molecule has 2 aromatic rings. The topological polar surface area (TPSA) is 54.3 Å². The zero-order valence-electron chi connectivity index (χ0n) is 11.5. The zero-order chi connectivity index (χ0) is 14.1. The summed E-state index contributed by atoms with van der Waals surface area (Å²) in [7, 11) is 0. The summed E-state index contributed by atoms with van der Waals surface area (Å²) >= 11 is 0. The van der Waals surface area contributed by atoms with Gasteiger partial charge in [-0.3, -0.25) is 4.79 Å². The summed E-state index contributed by atoms with van der Waals surface area (Å²) in [5.41, 5.74) is 2.27. The third-order valence-electron chi connectivity index (χ3n) is 3.94. The van der Waals surface area contributed by atoms with Gasteiger partial charge in [-0.05, 0) is 62.1 Å². The van der Waals surface area contributed by atoms with Crippen LogP contribution in [0.4, 0.5) is 5.69 Å². The highest BCUT2D eigenvalue weighted by atomic mass is 16.3. The van der Waals surface area contributed by atoms with E-state index in [0.29, 0.717) is 11.7 Å². The van der Waals surface area contributed by atoms with Gasteiger partial charge in [-0.2, -0.15) is 0 Å². The Morgan fingerprint density at radius 3 is 2.80 bits per heavy atom. The van der Waals surface area contributed by atoms with Crippen molar-refractivity contribution in [2.45, 2.75) is 32.2 Å². The number of hydrogen-bond acceptors (Lipinski definition) is 2. The lowest BCUT2D eigenvalue weighted by Gasteiger charge is -2.28. The molecule has 1 amide bonds. The zero-order valence-corrected chi connectivity index (χ0v) is 11.5. The van der Waals surface area contributed by atoms with E-state index in [1.54, 1.807) is 18.2 Å². The number of aromatic nitrogens is 1. The quantitative estimate of drug-likeness (QED) is 0.839. The van der Waals surface area contributed by atoms with E-state index >= 15 is 0 Å². The number of amides is 1. The number of rotatable bonds is 3. The molecule has 0 aliphatic heterocycles. The number of anilines is 1. The second-order valence-corrected chi connectivity index (χ2v) is 5.34. The van der Waals surface area contributed by atoms with Crippen LogP contribution in [0.2, 0.25) is 0 Å². The van der Waals surface area contributed by atoms with E-state index in [2.05, 4.69) is 9.88 Å². The molecule has 0 spiro atoms. The fourth-order valence-electron chi connectivity index (χ4n) is 2.54. The van der Waals surface area contributed by atoms with E-state index in [4.69, 9.17) is 0 Å². The Hall–Kier alpha value is -2.23. The number of nitrogens with zero attached hydrogens (tertiary/aromatic N) is 1. The Bertz CT molecular complexity index is 642. The summed E-state index contributed by atoms with van der Waals surface area (Å²) < 4.78 is 2.06. The van der Waals surface area contributed by atoms with Crippen molar-refractivity contribution < 1.29 is 9.90 Å². The average Bonchev–Trinajstić information content (AvgIpc) is 2.79. The number of aryl methyl sites for hydroxylation is 1. The van der Waals surface area contributed by atoms with Crippen molar-refractivity contribution in [3.8, 4) is 5.75 Å². The van der Waals surface area contributed by atoms with Crippen LogP contribution in [0.5, 0.6) is 5.75 Å². The minimum absolute atomic E-state index is 0.101. The van der Waals surface area contributed by atoms with Crippen LogP contribution < -0.4 is 5.32 Å². The number of phenolic OH excluding ortho intramolecular Hbond substituents is 1. The Balaban J connectivity index is 1.81. The van der Waals surface area contributed by atoms with Gasteiger partial charge in [-0.25, -0.2) is 0 Å². The minimum Gasteiger partial charge on any atom is -0.508 e. The molecule has 1 aliphatic rings. The van der Waals surface area contributed by atoms with Crippen molar-refractivity contribution in [2.24, 2.45) is 0 Å². The number of aromatic hydroxyl groups is 1. The maximum atomic E-state index is 12.4. The monoisotopic (exact) mass is 270 g/mol. The Kier molecular flexibility index (Phi) is 3.22. The molecule has 0 radical (unpaired) electrons. The molecule has 0 unspecified atom stereocenters. The highest BCUT2D eigenvalue weighted by Crippen LogP contribution is 2.33. The largest absolute Gasteiger partial charge is 0.508 e.